The smallest absolute Gasteiger partial charge is 0.261 e. The van der Waals surface area contributed by atoms with Crippen LogP contribution in [0.4, 0.5) is 0 Å². The molecule has 0 radical (unpaired) electrons. The van der Waals surface area contributed by atoms with E-state index in [4.69, 9.17) is 11.6 Å². The highest BCUT2D eigenvalue weighted by Gasteiger charge is 2.33. The molecule has 2 heterocycles. The van der Waals surface area contributed by atoms with Crippen molar-refractivity contribution in [3.63, 3.8) is 0 Å². The summed E-state index contributed by atoms with van der Waals surface area (Å²) in [4.78, 5) is 31.7. The number of piperazine rings is 1. The van der Waals surface area contributed by atoms with E-state index in [2.05, 4.69) is 9.88 Å². The first-order chi connectivity index (χ1) is 11.9. The number of H-pyrrole nitrogens is 1. The van der Waals surface area contributed by atoms with Crippen LogP contribution in [0.2, 0.25) is 5.02 Å². The third kappa shape index (κ3) is 3.61. The average Bonchev–Trinajstić information content (AvgIpc) is 2.60. The van der Waals surface area contributed by atoms with Crippen LogP contribution in [-0.4, -0.2) is 64.1 Å². The molecule has 0 unspecified atom stereocenters. The number of aromatic amines is 1. The van der Waals surface area contributed by atoms with Crippen molar-refractivity contribution < 1.29 is 9.90 Å². The molecule has 1 aromatic heterocycles. The van der Waals surface area contributed by atoms with Gasteiger partial charge in [0.2, 0.25) is 0 Å². The summed E-state index contributed by atoms with van der Waals surface area (Å²) in [6.07, 6.45) is 3.85. The summed E-state index contributed by atoms with van der Waals surface area (Å²) in [6.45, 7) is 6.01. The third-order valence-electron chi connectivity index (χ3n) is 5.54. The molecule has 2 fully saturated rings. The van der Waals surface area contributed by atoms with E-state index < -0.39 is 0 Å². The topological polar surface area (TPSA) is 76.6 Å². The fourth-order valence-corrected chi connectivity index (χ4v) is 4.18. The van der Waals surface area contributed by atoms with Crippen molar-refractivity contribution in [3.8, 4) is 0 Å². The normalized spacial score (nSPS) is 25.2. The predicted octanol–water partition coefficient (Wildman–Crippen LogP) is 1.71. The van der Waals surface area contributed by atoms with Crippen LogP contribution < -0.4 is 5.56 Å². The quantitative estimate of drug-likeness (QED) is 0.834. The zero-order chi connectivity index (χ0) is 18.1. The highest BCUT2D eigenvalue weighted by molar-refractivity contribution is 6.32. The van der Waals surface area contributed by atoms with E-state index in [1.165, 1.54) is 0 Å². The molecule has 2 aliphatic rings. The highest BCUT2D eigenvalue weighted by atomic mass is 35.5. The maximum atomic E-state index is 12.8. The second-order valence-electron chi connectivity index (χ2n) is 7.14. The van der Waals surface area contributed by atoms with Crippen molar-refractivity contribution in [2.45, 2.75) is 51.7 Å². The molecule has 138 valence electrons. The number of carbonyl (C=O) groups is 1. The average molecular weight is 368 g/mol. The summed E-state index contributed by atoms with van der Waals surface area (Å²) < 4.78 is 0. The molecule has 1 saturated heterocycles. The van der Waals surface area contributed by atoms with E-state index >= 15 is 0 Å². The molecule has 1 aromatic rings. The summed E-state index contributed by atoms with van der Waals surface area (Å²) in [7, 11) is 0. The fraction of sp³-hybridized carbons (Fsp3) is 0.667. The van der Waals surface area contributed by atoms with Gasteiger partial charge in [-0.15, -0.1) is 0 Å². The van der Waals surface area contributed by atoms with Crippen LogP contribution in [0.15, 0.2) is 4.79 Å². The molecule has 0 aromatic carbocycles. The lowest BCUT2D eigenvalue weighted by molar-refractivity contribution is -0.00176. The lowest BCUT2D eigenvalue weighted by Crippen LogP contribution is -2.55. The van der Waals surface area contributed by atoms with Crippen LogP contribution in [-0.2, 0) is 0 Å². The Morgan fingerprint density at radius 1 is 1.16 bits per heavy atom. The van der Waals surface area contributed by atoms with Gasteiger partial charge in [-0.05, 0) is 32.3 Å². The van der Waals surface area contributed by atoms with E-state index in [0.29, 0.717) is 29.4 Å². The lowest BCUT2D eigenvalue weighted by Gasteiger charge is -2.42. The number of aliphatic hydroxyl groups excluding tert-OH is 1. The van der Waals surface area contributed by atoms with Crippen molar-refractivity contribution >= 4 is 17.5 Å². The van der Waals surface area contributed by atoms with Gasteiger partial charge in [0.25, 0.3) is 11.5 Å². The van der Waals surface area contributed by atoms with E-state index in [1.54, 1.807) is 18.7 Å². The van der Waals surface area contributed by atoms with Crippen molar-refractivity contribution in [1.82, 2.24) is 14.8 Å². The first kappa shape index (κ1) is 18.4. The molecule has 1 aliphatic carbocycles. The second kappa shape index (κ2) is 7.48. The number of halogens is 1. The molecular weight excluding hydrogens is 342 g/mol. The summed E-state index contributed by atoms with van der Waals surface area (Å²) in [5.74, 6) is -0.260. The predicted molar refractivity (Wildman–Crippen MR) is 97.3 cm³/mol. The molecule has 25 heavy (non-hydrogen) atoms. The molecular formula is C18H26ClN3O3. The number of aliphatic hydroxyl groups is 1. The van der Waals surface area contributed by atoms with Gasteiger partial charge < -0.3 is 15.0 Å². The zero-order valence-electron chi connectivity index (χ0n) is 14.8. The van der Waals surface area contributed by atoms with Gasteiger partial charge >= 0.3 is 0 Å². The molecule has 1 aliphatic heterocycles. The van der Waals surface area contributed by atoms with Crippen LogP contribution in [0.5, 0.6) is 0 Å². The van der Waals surface area contributed by atoms with Gasteiger partial charge in [0.05, 0.1) is 11.1 Å². The van der Waals surface area contributed by atoms with Crippen molar-refractivity contribution in [2.75, 3.05) is 26.2 Å². The number of aryl methyl sites for hydroxylation is 1. The highest BCUT2D eigenvalue weighted by Crippen LogP contribution is 2.25. The number of pyridine rings is 1. The Hall–Kier alpha value is -1.37. The largest absolute Gasteiger partial charge is 0.391 e. The minimum atomic E-state index is -0.380. The van der Waals surface area contributed by atoms with E-state index in [-0.39, 0.29) is 29.2 Å². The molecule has 3 rings (SSSR count). The van der Waals surface area contributed by atoms with Gasteiger partial charge in [-0.2, -0.15) is 0 Å². The zero-order valence-corrected chi connectivity index (χ0v) is 15.6. The van der Waals surface area contributed by atoms with E-state index in [0.717, 1.165) is 38.8 Å². The van der Waals surface area contributed by atoms with Crippen LogP contribution >= 0.6 is 11.6 Å². The summed E-state index contributed by atoms with van der Waals surface area (Å²) in [5, 5.41) is 10.7. The first-order valence-corrected chi connectivity index (χ1v) is 9.38. The van der Waals surface area contributed by atoms with Crippen LogP contribution in [0.3, 0.4) is 0 Å². The number of hydrogen-bond donors (Lipinski definition) is 2. The Bertz CT molecular complexity index is 710. The van der Waals surface area contributed by atoms with Crippen molar-refractivity contribution in [2.24, 2.45) is 0 Å². The second-order valence-corrected chi connectivity index (χ2v) is 7.52. The van der Waals surface area contributed by atoms with Gasteiger partial charge in [-0.25, -0.2) is 0 Å². The molecule has 6 nitrogen and oxygen atoms in total. The molecule has 0 bridgehead atoms. The van der Waals surface area contributed by atoms with Crippen molar-refractivity contribution in [3.05, 3.63) is 32.2 Å². The summed E-state index contributed by atoms with van der Waals surface area (Å²) in [6, 6.07) is 0.199. The van der Waals surface area contributed by atoms with Gasteiger partial charge in [0.15, 0.2) is 0 Å². The van der Waals surface area contributed by atoms with Gasteiger partial charge in [-0.3, -0.25) is 14.5 Å². The van der Waals surface area contributed by atoms with Crippen LogP contribution in [0.25, 0.3) is 0 Å². The number of aromatic nitrogens is 1. The SMILES string of the molecule is Cc1[nH]c(=O)c(C(=O)N2CCN([C@@H]3CCCC[C@H]3O)CC2)c(C)c1Cl. The van der Waals surface area contributed by atoms with Crippen molar-refractivity contribution in [1.29, 1.82) is 0 Å². The van der Waals surface area contributed by atoms with Gasteiger partial charge in [-0.1, -0.05) is 24.4 Å². The molecule has 7 heteroatoms. The number of rotatable bonds is 2. The van der Waals surface area contributed by atoms with Crippen LogP contribution in [0.1, 0.15) is 47.3 Å². The Morgan fingerprint density at radius 3 is 2.44 bits per heavy atom. The Kier molecular flexibility index (Phi) is 5.51. The number of hydrogen-bond acceptors (Lipinski definition) is 4. The Morgan fingerprint density at radius 2 is 1.80 bits per heavy atom. The minimum Gasteiger partial charge on any atom is -0.391 e. The monoisotopic (exact) mass is 367 g/mol. The number of carbonyl (C=O) groups excluding carboxylic acids is 1. The third-order valence-corrected chi connectivity index (χ3v) is 6.11. The number of amides is 1. The molecule has 1 amide bonds. The van der Waals surface area contributed by atoms with Gasteiger partial charge in [0.1, 0.15) is 5.56 Å². The molecule has 0 spiro atoms. The number of nitrogens with zero attached hydrogens (tertiary/aromatic N) is 2. The van der Waals surface area contributed by atoms with E-state index in [9.17, 15) is 14.7 Å². The fourth-order valence-electron chi connectivity index (χ4n) is 4.04. The van der Waals surface area contributed by atoms with Crippen LogP contribution in [0, 0.1) is 13.8 Å². The summed E-state index contributed by atoms with van der Waals surface area (Å²) in [5.41, 5.74) is 0.881. The summed E-state index contributed by atoms with van der Waals surface area (Å²) >= 11 is 6.20. The maximum Gasteiger partial charge on any atom is 0.261 e. The minimum absolute atomic E-state index is 0.141. The van der Waals surface area contributed by atoms with Gasteiger partial charge in [0, 0.05) is 37.9 Å². The number of nitrogens with one attached hydrogen (secondary N) is 1. The molecule has 1 saturated carbocycles. The first-order valence-electron chi connectivity index (χ1n) is 9.00. The standard InChI is InChI=1S/C18H26ClN3O3/c1-11-15(17(24)20-12(2)16(11)19)18(25)22-9-7-21(8-10-22)13-5-3-4-6-14(13)23/h13-14,23H,3-10H2,1-2H3,(H,20,24)/t13-,14-/m1/s1. The van der Waals surface area contributed by atoms with E-state index in [1.807, 2.05) is 0 Å². The Labute approximate surface area is 152 Å². The maximum absolute atomic E-state index is 12.8. The molecule has 2 N–H and O–H groups in total. The molecule has 2 atom stereocenters. The Balaban J connectivity index is 1.70. The lowest BCUT2D eigenvalue weighted by atomic mass is 9.91.